The Morgan fingerprint density at radius 1 is 1.29 bits per heavy atom. The number of carboxylic acids is 1. The van der Waals surface area contributed by atoms with Crippen LogP contribution in [0.1, 0.15) is 0 Å². The van der Waals surface area contributed by atoms with Gasteiger partial charge in [-0.2, -0.15) is 8.42 Å². The first-order valence-corrected chi connectivity index (χ1v) is 5.49. The summed E-state index contributed by atoms with van der Waals surface area (Å²) in [5, 5.41) is 16.4. The van der Waals surface area contributed by atoms with Crippen molar-refractivity contribution in [3.8, 4) is 11.5 Å². The molecule has 0 atom stereocenters. The zero-order valence-corrected chi connectivity index (χ0v) is 9.29. The second-order valence-electron chi connectivity index (χ2n) is 2.60. The molecule has 0 amide bonds. The smallest absolute Gasteiger partial charge is 0.446 e. The number of benzene rings is 1. The van der Waals surface area contributed by atoms with Gasteiger partial charge in [-0.15, -0.1) is 0 Å². The van der Waals surface area contributed by atoms with E-state index in [1.54, 1.807) is 0 Å². The number of carbonyl (C=O) groups is 1. The predicted octanol–water partition coefficient (Wildman–Crippen LogP) is -0.396. The van der Waals surface area contributed by atoms with Crippen LogP contribution in [0, 0.1) is 0 Å². The van der Waals surface area contributed by atoms with Gasteiger partial charge in [0.1, 0.15) is 11.5 Å². The topological polar surface area (TPSA) is 147 Å². The predicted molar refractivity (Wildman–Crippen MR) is 57.0 cm³/mol. The third-order valence-electron chi connectivity index (χ3n) is 1.21. The summed E-state index contributed by atoms with van der Waals surface area (Å²) in [6.07, 6.45) is 0. The van der Waals surface area contributed by atoms with Gasteiger partial charge in [0.15, 0.2) is 0 Å². The molecule has 0 fully saturated rings. The molecule has 1 rings (SSSR count). The maximum absolute atomic E-state index is 10.2. The van der Waals surface area contributed by atoms with E-state index in [1.165, 1.54) is 24.3 Å². The van der Waals surface area contributed by atoms with Gasteiger partial charge >= 0.3 is 16.4 Å². The fourth-order valence-corrected chi connectivity index (χ4v) is 0.978. The first-order valence-electron chi connectivity index (χ1n) is 4.12. The van der Waals surface area contributed by atoms with Crippen LogP contribution in [0.2, 0.25) is 0 Å². The van der Waals surface area contributed by atoms with Gasteiger partial charge < -0.3 is 20.1 Å². The van der Waals surface area contributed by atoms with Crippen molar-refractivity contribution in [2.24, 2.45) is 5.73 Å². The average molecular weight is 265 g/mol. The van der Waals surface area contributed by atoms with E-state index in [-0.39, 0.29) is 18.0 Å². The monoisotopic (exact) mass is 265 g/mol. The Bertz CT molecular complexity index is 453. The van der Waals surface area contributed by atoms with Crippen LogP contribution in [0.15, 0.2) is 24.3 Å². The summed E-state index contributed by atoms with van der Waals surface area (Å²) in [5.74, 6) is -1.04. The Kier molecular flexibility index (Phi) is 5.96. The van der Waals surface area contributed by atoms with Crippen molar-refractivity contribution < 1.29 is 32.2 Å². The fourth-order valence-electron chi connectivity index (χ4n) is 0.623. The van der Waals surface area contributed by atoms with E-state index in [1.807, 2.05) is 0 Å². The molecule has 1 aromatic rings. The largest absolute Gasteiger partial charge is 0.508 e. The highest BCUT2D eigenvalue weighted by molar-refractivity contribution is 7.81. The minimum atomic E-state index is -4.47. The molecule has 8 nitrogen and oxygen atoms in total. The molecular weight excluding hydrogens is 254 g/mol. The number of aromatic hydroxyl groups is 1. The number of carboxylic acid groups (broad SMARTS) is 1. The summed E-state index contributed by atoms with van der Waals surface area (Å²) in [6.45, 7) is -0.278. The summed E-state index contributed by atoms with van der Waals surface area (Å²) in [4.78, 5) is 9.24. The highest BCUT2D eigenvalue weighted by Crippen LogP contribution is 2.16. The Morgan fingerprint density at radius 3 is 2.00 bits per heavy atom. The molecule has 0 radical (unpaired) electrons. The van der Waals surface area contributed by atoms with E-state index in [4.69, 9.17) is 14.8 Å². The highest BCUT2D eigenvalue weighted by atomic mass is 32.3. The number of aliphatic carboxylic acids is 1. The van der Waals surface area contributed by atoms with Crippen LogP contribution in [0.3, 0.4) is 0 Å². The molecule has 9 heteroatoms. The summed E-state index contributed by atoms with van der Waals surface area (Å²) < 4.78 is 32.6. The third kappa shape index (κ3) is 9.11. The molecule has 17 heavy (non-hydrogen) atoms. The number of phenols is 1. The molecule has 0 saturated carbocycles. The minimum Gasteiger partial charge on any atom is -0.508 e. The van der Waals surface area contributed by atoms with Crippen LogP contribution in [0.4, 0.5) is 0 Å². The number of phenolic OH excluding ortho intramolecular Hbond substituents is 1. The first-order chi connectivity index (χ1) is 7.74. The Hall–Kier alpha value is -1.84. The highest BCUT2D eigenvalue weighted by Gasteiger charge is 2.05. The van der Waals surface area contributed by atoms with Gasteiger partial charge in [-0.1, -0.05) is 0 Å². The van der Waals surface area contributed by atoms with Gasteiger partial charge in [-0.3, -0.25) is 9.35 Å². The first kappa shape index (κ1) is 15.2. The minimum absolute atomic E-state index is 0.0160. The lowest BCUT2D eigenvalue weighted by atomic mass is 10.3. The summed E-state index contributed by atoms with van der Waals surface area (Å²) >= 11 is 0. The molecule has 0 heterocycles. The van der Waals surface area contributed by atoms with Crippen molar-refractivity contribution in [2.75, 3.05) is 6.54 Å². The van der Waals surface area contributed by atoms with E-state index in [0.717, 1.165) is 0 Å². The van der Waals surface area contributed by atoms with Gasteiger partial charge in [0.2, 0.25) is 0 Å². The van der Waals surface area contributed by atoms with Crippen LogP contribution in [0.5, 0.6) is 11.5 Å². The van der Waals surface area contributed by atoms with Gasteiger partial charge in [-0.25, -0.2) is 0 Å². The molecule has 0 aliphatic rings. The molecule has 0 aromatic heterocycles. The quantitative estimate of drug-likeness (QED) is 0.540. The van der Waals surface area contributed by atoms with Gasteiger partial charge in [0.25, 0.3) is 0 Å². The van der Waals surface area contributed by atoms with Gasteiger partial charge in [0.05, 0.1) is 6.54 Å². The van der Waals surface area contributed by atoms with Gasteiger partial charge in [-0.05, 0) is 24.3 Å². The van der Waals surface area contributed by atoms with Crippen molar-refractivity contribution in [1.82, 2.24) is 0 Å². The summed E-state index contributed by atoms with van der Waals surface area (Å²) in [5.41, 5.74) is 4.57. The number of hydrogen-bond acceptors (Lipinski definition) is 6. The summed E-state index contributed by atoms with van der Waals surface area (Å²) in [6, 6.07) is 4.90. The Labute approximate surface area is 97.2 Å². The maximum Gasteiger partial charge on any atom is 0.446 e. The maximum atomic E-state index is 10.2. The van der Waals surface area contributed by atoms with E-state index in [2.05, 4.69) is 9.92 Å². The van der Waals surface area contributed by atoms with Crippen LogP contribution in [-0.2, 0) is 15.2 Å². The van der Waals surface area contributed by atoms with Crippen molar-refractivity contribution in [3.63, 3.8) is 0 Å². The molecule has 1 aromatic carbocycles. The van der Waals surface area contributed by atoms with Crippen molar-refractivity contribution >= 4 is 16.4 Å². The van der Waals surface area contributed by atoms with Crippen LogP contribution < -0.4 is 9.92 Å². The average Bonchev–Trinajstić information content (AvgIpc) is 2.20. The van der Waals surface area contributed by atoms with E-state index >= 15 is 0 Å². The molecule has 0 aliphatic carbocycles. The van der Waals surface area contributed by atoms with E-state index in [0.29, 0.717) is 0 Å². The Balaban J connectivity index is 0.000000437. The molecule has 0 spiro atoms. The molecule has 5 N–H and O–H groups in total. The molecule has 0 aliphatic heterocycles. The molecular formula is C8H11NO7S. The van der Waals surface area contributed by atoms with Crippen molar-refractivity contribution in [3.05, 3.63) is 24.3 Å². The second kappa shape index (κ2) is 6.68. The number of hydrogen-bond donors (Lipinski definition) is 4. The van der Waals surface area contributed by atoms with E-state index < -0.39 is 16.4 Å². The zero-order chi connectivity index (χ0) is 13.5. The lowest BCUT2D eigenvalue weighted by Gasteiger charge is -1.99. The molecule has 0 bridgehead atoms. The van der Waals surface area contributed by atoms with Crippen LogP contribution >= 0.6 is 0 Å². The van der Waals surface area contributed by atoms with Crippen LogP contribution in [0.25, 0.3) is 0 Å². The second-order valence-corrected chi connectivity index (χ2v) is 3.62. The van der Waals surface area contributed by atoms with Crippen molar-refractivity contribution in [2.45, 2.75) is 0 Å². The lowest BCUT2D eigenvalue weighted by molar-refractivity contribution is -0.135. The lowest BCUT2D eigenvalue weighted by Crippen LogP contribution is -2.10. The normalized spacial score (nSPS) is 10.0. The third-order valence-corrected chi connectivity index (χ3v) is 1.62. The van der Waals surface area contributed by atoms with E-state index in [9.17, 15) is 13.2 Å². The molecule has 0 saturated heterocycles. The standard InChI is InChI=1S/C6H6O5S.C2H5NO2/c7-5-1-3-6(4-2-5)11-12(8,9)10;3-1-2(4)5/h1-4,7H,(H,8,9,10);1,3H2,(H,4,5). The summed E-state index contributed by atoms with van der Waals surface area (Å²) in [7, 11) is -4.47. The molecule has 0 unspecified atom stereocenters. The fraction of sp³-hybridized carbons (Fsp3) is 0.125. The van der Waals surface area contributed by atoms with Gasteiger partial charge in [0, 0.05) is 0 Å². The number of nitrogens with two attached hydrogens (primary N) is 1. The zero-order valence-electron chi connectivity index (χ0n) is 8.48. The van der Waals surface area contributed by atoms with Crippen molar-refractivity contribution in [1.29, 1.82) is 0 Å². The SMILES string of the molecule is NCC(=O)O.O=S(=O)(O)Oc1ccc(O)cc1. The van der Waals surface area contributed by atoms with Crippen LogP contribution in [-0.4, -0.2) is 35.7 Å². The number of rotatable bonds is 3. The molecule has 96 valence electrons. The Morgan fingerprint density at radius 2 is 1.71 bits per heavy atom.